The van der Waals surface area contributed by atoms with Gasteiger partial charge in [0.2, 0.25) is 0 Å². The number of carbonyl (C=O) groups is 1. The molecule has 0 radical (unpaired) electrons. The first-order valence-electron chi connectivity index (χ1n) is 6.38. The second kappa shape index (κ2) is 7.50. The number of ether oxygens (including phenoxy) is 1. The lowest BCUT2D eigenvalue weighted by atomic mass is 9.96. The van der Waals surface area contributed by atoms with Crippen molar-refractivity contribution in [1.29, 1.82) is 0 Å². The van der Waals surface area contributed by atoms with Crippen LogP contribution in [0.5, 0.6) is 0 Å². The molecule has 1 amide bonds. The molecule has 1 N–H and O–H groups in total. The fourth-order valence-electron chi connectivity index (χ4n) is 1.94. The summed E-state index contributed by atoms with van der Waals surface area (Å²) in [5, 5.41) is 1.78. The minimum absolute atomic E-state index is 0.131. The number of aliphatic imine (C=N–C) groups is 1. The monoisotopic (exact) mass is 332 g/mol. The summed E-state index contributed by atoms with van der Waals surface area (Å²) in [5.74, 6) is -2.14. The van der Waals surface area contributed by atoms with Gasteiger partial charge in [0.05, 0.1) is 12.1 Å². The number of halogens is 6. The molecule has 0 fully saturated rings. The Morgan fingerprint density at radius 2 is 1.73 bits per heavy atom. The summed E-state index contributed by atoms with van der Waals surface area (Å²) in [6.07, 6.45) is -5.20. The Labute approximate surface area is 122 Å². The van der Waals surface area contributed by atoms with Crippen LogP contribution in [0.2, 0.25) is 0 Å². The lowest BCUT2D eigenvalue weighted by Gasteiger charge is -2.26. The van der Waals surface area contributed by atoms with Crippen molar-refractivity contribution in [3.05, 3.63) is 12.2 Å². The molecule has 0 aromatic rings. The molecule has 1 aliphatic rings. The maximum atomic E-state index is 12.3. The molecule has 0 heterocycles. The maximum Gasteiger partial charge on any atom is 0.573 e. The largest absolute Gasteiger partial charge is 0.573 e. The van der Waals surface area contributed by atoms with Gasteiger partial charge in [0, 0.05) is 0 Å². The number of nitrogens with one attached hydrogen (secondary N) is 1. The smallest absolute Gasteiger partial charge is 0.395 e. The Morgan fingerprint density at radius 1 is 1.14 bits per heavy atom. The van der Waals surface area contributed by atoms with Crippen LogP contribution in [0.1, 0.15) is 25.7 Å². The zero-order chi connectivity index (χ0) is 16.8. The predicted molar refractivity (Wildman–Crippen MR) is 65.0 cm³/mol. The summed E-state index contributed by atoms with van der Waals surface area (Å²) in [4.78, 5) is 14.5. The SMILES string of the molecule is O=C(NC1CC/C=C\CCC1N=COC(F)(F)F)C(F)(F)F. The van der Waals surface area contributed by atoms with E-state index in [0.717, 1.165) is 0 Å². The Balaban J connectivity index is 2.77. The third-order valence-electron chi connectivity index (χ3n) is 2.92. The van der Waals surface area contributed by atoms with Crippen LogP contribution in [-0.4, -0.2) is 36.9 Å². The van der Waals surface area contributed by atoms with Crippen molar-refractivity contribution in [3.8, 4) is 0 Å². The molecule has 4 nitrogen and oxygen atoms in total. The number of nitrogens with zero attached hydrogens (tertiary/aromatic N) is 1. The molecule has 0 spiro atoms. The Bertz CT molecular complexity index is 430. The van der Waals surface area contributed by atoms with E-state index in [1.54, 1.807) is 17.5 Å². The zero-order valence-corrected chi connectivity index (χ0v) is 11.2. The predicted octanol–water partition coefficient (Wildman–Crippen LogP) is 3.10. The van der Waals surface area contributed by atoms with E-state index in [-0.39, 0.29) is 19.2 Å². The van der Waals surface area contributed by atoms with Gasteiger partial charge >= 0.3 is 18.4 Å². The van der Waals surface area contributed by atoms with Crippen molar-refractivity contribution in [2.24, 2.45) is 4.99 Å². The molecule has 126 valence electrons. The summed E-state index contributed by atoms with van der Waals surface area (Å²) in [6, 6.07) is -1.95. The molecule has 0 saturated carbocycles. The minimum atomic E-state index is -5.06. The highest BCUT2D eigenvalue weighted by molar-refractivity contribution is 5.82. The van der Waals surface area contributed by atoms with Gasteiger partial charge in [-0.25, -0.2) is 0 Å². The van der Waals surface area contributed by atoms with Crippen LogP contribution in [0.4, 0.5) is 26.3 Å². The van der Waals surface area contributed by atoms with Gasteiger partial charge in [-0.15, -0.1) is 13.2 Å². The zero-order valence-electron chi connectivity index (χ0n) is 11.2. The van der Waals surface area contributed by atoms with E-state index in [0.29, 0.717) is 12.8 Å². The average molecular weight is 332 g/mol. The van der Waals surface area contributed by atoms with Gasteiger partial charge in [-0.05, 0) is 25.7 Å². The maximum absolute atomic E-state index is 12.3. The summed E-state index contributed by atoms with van der Waals surface area (Å²) in [5.41, 5.74) is 0. The van der Waals surface area contributed by atoms with E-state index >= 15 is 0 Å². The summed E-state index contributed by atoms with van der Waals surface area (Å²) < 4.78 is 75.9. The topological polar surface area (TPSA) is 50.7 Å². The minimum Gasteiger partial charge on any atom is -0.395 e. The first kappa shape index (κ1) is 18.3. The van der Waals surface area contributed by atoms with Crippen LogP contribution in [0.15, 0.2) is 17.1 Å². The van der Waals surface area contributed by atoms with Crippen molar-refractivity contribution >= 4 is 12.3 Å². The number of allylic oxidation sites excluding steroid dienone is 2. The molecule has 0 aromatic carbocycles. The molecule has 0 aliphatic heterocycles. The third-order valence-corrected chi connectivity index (χ3v) is 2.92. The molecule has 0 saturated heterocycles. The van der Waals surface area contributed by atoms with Gasteiger partial charge in [0.1, 0.15) is 0 Å². The van der Waals surface area contributed by atoms with Crippen molar-refractivity contribution in [3.63, 3.8) is 0 Å². The molecule has 10 heteroatoms. The Kier molecular flexibility index (Phi) is 6.24. The van der Waals surface area contributed by atoms with E-state index in [1.165, 1.54) is 0 Å². The van der Waals surface area contributed by atoms with E-state index in [2.05, 4.69) is 9.73 Å². The van der Waals surface area contributed by atoms with E-state index < -0.39 is 30.5 Å². The van der Waals surface area contributed by atoms with Gasteiger partial charge in [-0.3, -0.25) is 9.79 Å². The second-order valence-corrected chi connectivity index (χ2v) is 4.59. The molecular weight excluding hydrogens is 318 g/mol. The van der Waals surface area contributed by atoms with Gasteiger partial charge in [-0.1, -0.05) is 12.2 Å². The molecule has 1 rings (SSSR count). The van der Waals surface area contributed by atoms with E-state index in [1.807, 2.05) is 0 Å². The van der Waals surface area contributed by atoms with Gasteiger partial charge in [0.15, 0.2) is 6.40 Å². The van der Waals surface area contributed by atoms with Crippen molar-refractivity contribution in [1.82, 2.24) is 5.32 Å². The summed E-state index contributed by atoms with van der Waals surface area (Å²) in [7, 11) is 0. The fraction of sp³-hybridized carbons (Fsp3) is 0.667. The lowest BCUT2D eigenvalue weighted by Crippen LogP contribution is -2.48. The number of rotatable bonds is 3. The first-order chi connectivity index (χ1) is 10.1. The first-order valence-corrected chi connectivity index (χ1v) is 6.38. The summed E-state index contributed by atoms with van der Waals surface area (Å²) >= 11 is 0. The molecule has 0 aromatic heterocycles. The third kappa shape index (κ3) is 6.81. The van der Waals surface area contributed by atoms with E-state index in [9.17, 15) is 31.1 Å². The second-order valence-electron chi connectivity index (χ2n) is 4.59. The van der Waals surface area contributed by atoms with Crippen LogP contribution in [0, 0.1) is 0 Å². The Morgan fingerprint density at radius 3 is 2.27 bits per heavy atom. The average Bonchev–Trinajstić information content (AvgIpc) is 2.33. The van der Waals surface area contributed by atoms with Crippen LogP contribution < -0.4 is 5.32 Å². The fourth-order valence-corrected chi connectivity index (χ4v) is 1.94. The van der Waals surface area contributed by atoms with Crippen LogP contribution in [0.25, 0.3) is 0 Å². The van der Waals surface area contributed by atoms with Crippen molar-refractivity contribution < 1.29 is 35.9 Å². The van der Waals surface area contributed by atoms with Gasteiger partial charge < -0.3 is 10.1 Å². The standard InChI is InChI=1S/C12H14F6N2O2/c13-11(14,15)10(21)20-9-6-4-2-1-3-5-8(9)19-7-22-12(16,17)18/h1-2,7-9H,3-6H2,(H,20,21)/b2-1-,19-7?. The summed E-state index contributed by atoms with van der Waals surface area (Å²) in [6.45, 7) is 0. The van der Waals surface area contributed by atoms with Crippen LogP contribution in [0.3, 0.4) is 0 Å². The molecule has 22 heavy (non-hydrogen) atoms. The highest BCUT2D eigenvalue weighted by Gasteiger charge is 2.40. The molecular formula is C12H14F6N2O2. The number of alkyl halides is 6. The molecule has 0 bridgehead atoms. The number of hydrogen-bond donors (Lipinski definition) is 1. The molecule has 2 atom stereocenters. The van der Waals surface area contributed by atoms with Crippen molar-refractivity contribution in [2.45, 2.75) is 50.3 Å². The lowest BCUT2D eigenvalue weighted by molar-refractivity contribution is -0.280. The highest BCUT2D eigenvalue weighted by atomic mass is 19.4. The van der Waals surface area contributed by atoms with Gasteiger partial charge in [-0.2, -0.15) is 13.2 Å². The van der Waals surface area contributed by atoms with Gasteiger partial charge in [0.25, 0.3) is 0 Å². The highest BCUT2D eigenvalue weighted by Crippen LogP contribution is 2.21. The van der Waals surface area contributed by atoms with E-state index in [4.69, 9.17) is 0 Å². The molecule has 2 unspecified atom stereocenters. The number of hydrogen-bond acceptors (Lipinski definition) is 3. The molecule has 1 aliphatic carbocycles. The normalized spacial score (nSPS) is 25.4. The number of amides is 1. The van der Waals surface area contributed by atoms with Crippen molar-refractivity contribution in [2.75, 3.05) is 0 Å². The number of carbonyl (C=O) groups excluding carboxylic acids is 1. The Hall–Kier alpha value is -1.74. The van der Waals surface area contributed by atoms with Crippen LogP contribution in [-0.2, 0) is 9.53 Å². The quantitative estimate of drug-likeness (QED) is 0.374. The van der Waals surface area contributed by atoms with Crippen LogP contribution >= 0.6 is 0 Å².